The summed E-state index contributed by atoms with van der Waals surface area (Å²) in [5, 5.41) is 0. The van der Waals surface area contributed by atoms with Crippen molar-refractivity contribution in [1.82, 2.24) is 0 Å². The predicted octanol–water partition coefficient (Wildman–Crippen LogP) is 2.30. The van der Waals surface area contributed by atoms with E-state index in [4.69, 9.17) is 0 Å². The number of esters is 1. The summed E-state index contributed by atoms with van der Waals surface area (Å²) in [6, 6.07) is 0. The van der Waals surface area contributed by atoms with Crippen molar-refractivity contribution in [2.24, 2.45) is 5.92 Å². The Morgan fingerprint density at radius 1 is 1.62 bits per heavy atom. The third kappa shape index (κ3) is 7.36. The zero-order chi connectivity index (χ0) is 10.5. The lowest BCUT2D eigenvalue weighted by molar-refractivity contribution is -0.154. The van der Waals surface area contributed by atoms with Crippen LogP contribution in [0.5, 0.6) is 0 Å². The fraction of sp³-hybridized carbons (Fsp3) is 0.625. The molecule has 76 valence electrons. The third-order valence-electron chi connectivity index (χ3n) is 1.26. The highest BCUT2D eigenvalue weighted by molar-refractivity contribution is 5.81. The third-order valence-corrected chi connectivity index (χ3v) is 1.26. The van der Waals surface area contributed by atoms with Gasteiger partial charge in [-0.1, -0.05) is 13.5 Å². The average molecular weight is 196 g/mol. The molecule has 0 bridgehead atoms. The standard InChI is InChI=1S/C8H11F3O2/c1-3-7(12)13-5-6(2)4-8(9,10)11/h3,6H,1,4-5H2,2H3. The molecule has 2 nitrogen and oxygen atoms in total. The first kappa shape index (κ1) is 12.0. The first-order chi connectivity index (χ1) is 5.85. The summed E-state index contributed by atoms with van der Waals surface area (Å²) in [5.74, 6) is -1.42. The second-order valence-electron chi connectivity index (χ2n) is 2.76. The lowest BCUT2D eigenvalue weighted by Gasteiger charge is -2.13. The quantitative estimate of drug-likeness (QED) is 0.509. The van der Waals surface area contributed by atoms with Crippen LogP contribution in [0, 0.1) is 5.92 Å². The molecule has 0 fully saturated rings. The van der Waals surface area contributed by atoms with Crippen LogP contribution < -0.4 is 0 Å². The van der Waals surface area contributed by atoms with Gasteiger partial charge in [-0.15, -0.1) is 0 Å². The van der Waals surface area contributed by atoms with Gasteiger partial charge in [-0.2, -0.15) is 13.2 Å². The highest BCUT2D eigenvalue weighted by atomic mass is 19.4. The Hall–Kier alpha value is -1.00. The van der Waals surface area contributed by atoms with Gasteiger partial charge in [-0.05, 0) is 5.92 Å². The fourth-order valence-corrected chi connectivity index (χ4v) is 0.737. The van der Waals surface area contributed by atoms with Crippen molar-refractivity contribution >= 4 is 5.97 Å². The summed E-state index contributed by atoms with van der Waals surface area (Å²) in [7, 11) is 0. The Bertz CT molecular complexity index is 186. The zero-order valence-corrected chi connectivity index (χ0v) is 7.23. The second-order valence-corrected chi connectivity index (χ2v) is 2.76. The van der Waals surface area contributed by atoms with Crippen LogP contribution in [0.3, 0.4) is 0 Å². The van der Waals surface area contributed by atoms with Crippen LogP contribution in [0.2, 0.25) is 0 Å². The number of halogens is 3. The molecule has 0 aliphatic heterocycles. The summed E-state index contributed by atoms with van der Waals surface area (Å²) in [5.41, 5.74) is 0. The molecule has 0 amide bonds. The van der Waals surface area contributed by atoms with Gasteiger partial charge in [-0.25, -0.2) is 4.79 Å². The van der Waals surface area contributed by atoms with Gasteiger partial charge in [0.05, 0.1) is 6.61 Å². The van der Waals surface area contributed by atoms with E-state index in [1.165, 1.54) is 6.92 Å². The first-order valence-corrected chi connectivity index (χ1v) is 3.71. The average Bonchev–Trinajstić information content (AvgIpc) is 1.97. The first-order valence-electron chi connectivity index (χ1n) is 3.71. The summed E-state index contributed by atoms with van der Waals surface area (Å²) in [6.45, 7) is 4.25. The van der Waals surface area contributed by atoms with Crippen LogP contribution in [-0.4, -0.2) is 18.8 Å². The molecule has 1 atom stereocenters. The predicted molar refractivity (Wildman–Crippen MR) is 41.0 cm³/mol. The number of carbonyl (C=O) groups is 1. The van der Waals surface area contributed by atoms with E-state index in [0.29, 0.717) is 0 Å². The summed E-state index contributed by atoms with van der Waals surface area (Å²) in [4.78, 5) is 10.5. The molecule has 0 spiro atoms. The Balaban J connectivity index is 3.69. The van der Waals surface area contributed by atoms with Crippen LogP contribution >= 0.6 is 0 Å². The van der Waals surface area contributed by atoms with Gasteiger partial charge >= 0.3 is 12.1 Å². The van der Waals surface area contributed by atoms with E-state index < -0.39 is 24.5 Å². The second kappa shape index (κ2) is 4.89. The van der Waals surface area contributed by atoms with E-state index in [2.05, 4.69) is 11.3 Å². The molecular formula is C8H11F3O2. The number of rotatable bonds is 4. The summed E-state index contributed by atoms with van der Waals surface area (Å²) in [6.07, 6.45) is -4.24. The molecule has 1 unspecified atom stereocenters. The highest BCUT2D eigenvalue weighted by Crippen LogP contribution is 2.24. The van der Waals surface area contributed by atoms with E-state index in [0.717, 1.165) is 6.08 Å². The number of hydrogen-bond donors (Lipinski definition) is 0. The van der Waals surface area contributed by atoms with E-state index >= 15 is 0 Å². The van der Waals surface area contributed by atoms with E-state index in [-0.39, 0.29) is 6.61 Å². The molecule has 0 aliphatic rings. The van der Waals surface area contributed by atoms with Gasteiger partial charge in [0.15, 0.2) is 0 Å². The van der Waals surface area contributed by atoms with Crippen LogP contribution in [-0.2, 0) is 9.53 Å². The maximum Gasteiger partial charge on any atom is 0.389 e. The van der Waals surface area contributed by atoms with E-state index in [1.54, 1.807) is 0 Å². The minimum Gasteiger partial charge on any atom is -0.462 e. The summed E-state index contributed by atoms with van der Waals surface area (Å²) >= 11 is 0. The van der Waals surface area contributed by atoms with Crippen molar-refractivity contribution in [3.05, 3.63) is 12.7 Å². The van der Waals surface area contributed by atoms with Crippen molar-refractivity contribution in [2.45, 2.75) is 19.5 Å². The maximum absolute atomic E-state index is 11.8. The van der Waals surface area contributed by atoms with Gasteiger partial charge in [0.25, 0.3) is 0 Å². The van der Waals surface area contributed by atoms with E-state index in [9.17, 15) is 18.0 Å². The SMILES string of the molecule is C=CC(=O)OCC(C)CC(F)(F)F. The Labute approximate surface area is 74.4 Å². The van der Waals surface area contributed by atoms with Crippen LogP contribution in [0.15, 0.2) is 12.7 Å². The minimum absolute atomic E-state index is 0.232. The van der Waals surface area contributed by atoms with Gasteiger partial charge in [0.1, 0.15) is 0 Å². The molecule has 0 aromatic heterocycles. The van der Waals surface area contributed by atoms with Gasteiger partial charge in [0, 0.05) is 12.5 Å². The number of ether oxygens (including phenoxy) is 1. The van der Waals surface area contributed by atoms with Crippen LogP contribution in [0.25, 0.3) is 0 Å². The minimum atomic E-state index is -4.21. The molecule has 0 N–H and O–H groups in total. The lowest BCUT2D eigenvalue weighted by Crippen LogP contribution is -2.18. The van der Waals surface area contributed by atoms with Crippen LogP contribution in [0.1, 0.15) is 13.3 Å². The highest BCUT2D eigenvalue weighted by Gasteiger charge is 2.30. The lowest BCUT2D eigenvalue weighted by atomic mass is 10.1. The molecule has 0 heterocycles. The van der Waals surface area contributed by atoms with Crippen molar-refractivity contribution < 1.29 is 22.7 Å². The molecule has 0 aliphatic carbocycles. The molecule has 0 rings (SSSR count). The largest absolute Gasteiger partial charge is 0.462 e. The molecule has 0 radical (unpaired) electrons. The molecule has 0 aromatic carbocycles. The molecule has 13 heavy (non-hydrogen) atoms. The van der Waals surface area contributed by atoms with Crippen molar-refractivity contribution in [3.8, 4) is 0 Å². The Morgan fingerprint density at radius 3 is 2.54 bits per heavy atom. The van der Waals surface area contributed by atoms with Crippen molar-refractivity contribution in [3.63, 3.8) is 0 Å². The Kier molecular flexibility index (Phi) is 4.51. The van der Waals surface area contributed by atoms with Crippen molar-refractivity contribution in [1.29, 1.82) is 0 Å². The topological polar surface area (TPSA) is 26.3 Å². The number of carbonyl (C=O) groups excluding carboxylic acids is 1. The summed E-state index contributed by atoms with van der Waals surface area (Å²) < 4.78 is 39.7. The van der Waals surface area contributed by atoms with E-state index in [1.807, 2.05) is 0 Å². The molecule has 0 saturated carbocycles. The normalized spacial score (nSPS) is 13.5. The van der Waals surface area contributed by atoms with Crippen molar-refractivity contribution in [2.75, 3.05) is 6.61 Å². The molecule has 0 aromatic rings. The number of alkyl halides is 3. The van der Waals surface area contributed by atoms with Crippen LogP contribution in [0.4, 0.5) is 13.2 Å². The van der Waals surface area contributed by atoms with Gasteiger partial charge < -0.3 is 4.74 Å². The Morgan fingerprint density at radius 2 is 2.15 bits per heavy atom. The smallest absolute Gasteiger partial charge is 0.389 e. The van der Waals surface area contributed by atoms with Gasteiger partial charge in [0.2, 0.25) is 0 Å². The molecule has 0 saturated heterocycles. The molecular weight excluding hydrogens is 185 g/mol. The maximum atomic E-state index is 11.8. The zero-order valence-electron chi connectivity index (χ0n) is 7.23. The monoisotopic (exact) mass is 196 g/mol. The fourth-order valence-electron chi connectivity index (χ4n) is 0.737. The number of hydrogen-bond acceptors (Lipinski definition) is 2. The van der Waals surface area contributed by atoms with Gasteiger partial charge in [-0.3, -0.25) is 0 Å². The molecule has 5 heteroatoms.